The summed E-state index contributed by atoms with van der Waals surface area (Å²) in [6.07, 6.45) is 6.03. The molecule has 2 aromatic rings. The Hall–Kier alpha value is -3.03. The molecule has 1 unspecified atom stereocenters. The zero-order valence-electron chi connectivity index (χ0n) is 14.0. The Labute approximate surface area is 145 Å². The molecule has 0 bridgehead atoms. The minimum Gasteiger partial charge on any atom is -0.382 e. The van der Waals surface area contributed by atoms with Crippen LogP contribution in [0.2, 0.25) is 0 Å². The highest BCUT2D eigenvalue weighted by Gasteiger charge is 2.30. The quantitative estimate of drug-likeness (QED) is 0.869. The molecule has 130 valence electrons. The van der Waals surface area contributed by atoms with Gasteiger partial charge in [-0.2, -0.15) is 0 Å². The lowest BCUT2D eigenvalue weighted by atomic mass is 9.97. The molecule has 0 radical (unpaired) electrons. The van der Waals surface area contributed by atoms with Crippen LogP contribution in [0.5, 0.6) is 0 Å². The van der Waals surface area contributed by atoms with Crippen LogP contribution in [-0.4, -0.2) is 44.8 Å². The van der Waals surface area contributed by atoms with E-state index < -0.39 is 0 Å². The SMILES string of the molecule is Cc1ccc(NC(=O)C2CCCN(C(=O)c3nccnc3N)C2)nc1. The maximum atomic E-state index is 12.6. The summed E-state index contributed by atoms with van der Waals surface area (Å²) in [4.78, 5) is 38.8. The van der Waals surface area contributed by atoms with Crippen LogP contribution in [-0.2, 0) is 4.79 Å². The molecule has 3 heterocycles. The number of pyridine rings is 1. The highest BCUT2D eigenvalue weighted by atomic mass is 16.2. The van der Waals surface area contributed by atoms with Crippen LogP contribution in [0.1, 0.15) is 28.9 Å². The third-order valence-corrected chi connectivity index (χ3v) is 4.17. The van der Waals surface area contributed by atoms with E-state index in [1.165, 1.54) is 12.4 Å². The van der Waals surface area contributed by atoms with Crippen molar-refractivity contribution in [2.75, 3.05) is 24.1 Å². The number of nitrogens with two attached hydrogens (primary N) is 1. The second-order valence-corrected chi connectivity index (χ2v) is 6.09. The lowest BCUT2D eigenvalue weighted by molar-refractivity contribution is -0.121. The van der Waals surface area contributed by atoms with Crippen LogP contribution in [0.25, 0.3) is 0 Å². The fourth-order valence-electron chi connectivity index (χ4n) is 2.81. The highest BCUT2D eigenvalue weighted by molar-refractivity contribution is 5.97. The number of hydrogen-bond donors (Lipinski definition) is 2. The number of rotatable bonds is 3. The van der Waals surface area contributed by atoms with E-state index in [0.717, 1.165) is 18.4 Å². The molecule has 1 atom stereocenters. The number of aryl methyl sites for hydroxylation is 1. The Kier molecular flexibility index (Phi) is 4.87. The third-order valence-electron chi connectivity index (χ3n) is 4.17. The van der Waals surface area contributed by atoms with E-state index in [1.54, 1.807) is 17.2 Å². The van der Waals surface area contributed by atoms with Crippen LogP contribution in [0.4, 0.5) is 11.6 Å². The van der Waals surface area contributed by atoms with Gasteiger partial charge in [0.25, 0.3) is 5.91 Å². The van der Waals surface area contributed by atoms with Crippen LogP contribution in [0.3, 0.4) is 0 Å². The van der Waals surface area contributed by atoms with Crippen LogP contribution < -0.4 is 11.1 Å². The Morgan fingerprint density at radius 2 is 2.04 bits per heavy atom. The molecule has 0 aromatic carbocycles. The number of likely N-dealkylation sites (tertiary alicyclic amines) is 1. The van der Waals surface area contributed by atoms with Crippen LogP contribution in [0.15, 0.2) is 30.7 Å². The summed E-state index contributed by atoms with van der Waals surface area (Å²) in [5.74, 6) is -0.114. The van der Waals surface area contributed by atoms with Gasteiger partial charge in [-0.3, -0.25) is 9.59 Å². The van der Waals surface area contributed by atoms with Gasteiger partial charge >= 0.3 is 0 Å². The van der Waals surface area contributed by atoms with E-state index in [4.69, 9.17) is 5.73 Å². The van der Waals surface area contributed by atoms with Crippen molar-refractivity contribution < 1.29 is 9.59 Å². The number of anilines is 2. The van der Waals surface area contributed by atoms with E-state index in [0.29, 0.717) is 18.9 Å². The first-order valence-corrected chi connectivity index (χ1v) is 8.14. The number of nitrogens with zero attached hydrogens (tertiary/aromatic N) is 4. The number of amides is 2. The lowest BCUT2D eigenvalue weighted by Gasteiger charge is -2.31. The first-order valence-electron chi connectivity index (χ1n) is 8.14. The molecule has 8 nitrogen and oxygen atoms in total. The van der Waals surface area contributed by atoms with Crippen molar-refractivity contribution in [2.24, 2.45) is 5.92 Å². The van der Waals surface area contributed by atoms with E-state index in [2.05, 4.69) is 20.3 Å². The molecule has 3 N–H and O–H groups in total. The van der Waals surface area contributed by atoms with Crippen molar-refractivity contribution in [2.45, 2.75) is 19.8 Å². The molecular weight excluding hydrogens is 320 g/mol. The van der Waals surface area contributed by atoms with E-state index >= 15 is 0 Å². The van der Waals surface area contributed by atoms with Gasteiger partial charge in [-0.1, -0.05) is 6.07 Å². The van der Waals surface area contributed by atoms with E-state index in [9.17, 15) is 9.59 Å². The summed E-state index contributed by atoms with van der Waals surface area (Å²) in [6.45, 7) is 2.83. The molecule has 0 spiro atoms. The average molecular weight is 340 g/mol. The predicted molar refractivity (Wildman–Crippen MR) is 92.7 cm³/mol. The van der Waals surface area contributed by atoms with Gasteiger partial charge in [0.05, 0.1) is 5.92 Å². The number of hydrogen-bond acceptors (Lipinski definition) is 6. The zero-order chi connectivity index (χ0) is 17.8. The third kappa shape index (κ3) is 3.90. The first kappa shape index (κ1) is 16.8. The Bertz CT molecular complexity index is 777. The molecule has 1 aliphatic heterocycles. The van der Waals surface area contributed by atoms with Crippen molar-refractivity contribution in [1.29, 1.82) is 0 Å². The number of piperidine rings is 1. The van der Waals surface area contributed by atoms with Gasteiger partial charge in [0.15, 0.2) is 11.5 Å². The lowest BCUT2D eigenvalue weighted by Crippen LogP contribution is -2.44. The molecule has 2 amide bonds. The molecule has 25 heavy (non-hydrogen) atoms. The maximum Gasteiger partial charge on any atom is 0.276 e. The summed E-state index contributed by atoms with van der Waals surface area (Å²) in [7, 11) is 0. The monoisotopic (exact) mass is 340 g/mol. The Morgan fingerprint density at radius 1 is 1.24 bits per heavy atom. The number of carbonyl (C=O) groups excluding carboxylic acids is 2. The van der Waals surface area contributed by atoms with Gasteiger partial charge in [0, 0.05) is 31.7 Å². The van der Waals surface area contributed by atoms with Crippen molar-refractivity contribution in [1.82, 2.24) is 19.9 Å². The van der Waals surface area contributed by atoms with Gasteiger partial charge in [0.1, 0.15) is 5.82 Å². The van der Waals surface area contributed by atoms with Crippen molar-refractivity contribution in [3.05, 3.63) is 42.0 Å². The topological polar surface area (TPSA) is 114 Å². The summed E-state index contributed by atoms with van der Waals surface area (Å²) in [6, 6.07) is 3.65. The summed E-state index contributed by atoms with van der Waals surface area (Å²) < 4.78 is 0. The van der Waals surface area contributed by atoms with Gasteiger partial charge in [-0.25, -0.2) is 15.0 Å². The van der Waals surface area contributed by atoms with Gasteiger partial charge in [-0.15, -0.1) is 0 Å². The molecule has 1 fully saturated rings. The summed E-state index contributed by atoms with van der Waals surface area (Å²) in [5, 5.41) is 2.81. The second kappa shape index (κ2) is 7.25. The smallest absolute Gasteiger partial charge is 0.276 e. The summed E-state index contributed by atoms with van der Waals surface area (Å²) in [5.41, 5.74) is 6.88. The molecule has 1 aliphatic rings. The van der Waals surface area contributed by atoms with E-state index in [-0.39, 0.29) is 29.2 Å². The largest absolute Gasteiger partial charge is 0.382 e. The van der Waals surface area contributed by atoms with Gasteiger partial charge in [-0.05, 0) is 31.4 Å². The Morgan fingerprint density at radius 3 is 2.76 bits per heavy atom. The molecule has 2 aromatic heterocycles. The second-order valence-electron chi connectivity index (χ2n) is 6.09. The fourth-order valence-corrected chi connectivity index (χ4v) is 2.81. The predicted octanol–water partition coefficient (Wildman–Crippen LogP) is 1.25. The molecule has 0 aliphatic carbocycles. The number of carbonyl (C=O) groups is 2. The minimum absolute atomic E-state index is 0.0999. The molecule has 1 saturated heterocycles. The average Bonchev–Trinajstić information content (AvgIpc) is 2.63. The van der Waals surface area contributed by atoms with Crippen molar-refractivity contribution in [3.63, 3.8) is 0 Å². The van der Waals surface area contributed by atoms with Crippen molar-refractivity contribution in [3.8, 4) is 0 Å². The highest BCUT2D eigenvalue weighted by Crippen LogP contribution is 2.20. The summed E-state index contributed by atoms with van der Waals surface area (Å²) >= 11 is 0. The molecule has 8 heteroatoms. The molecule has 3 rings (SSSR count). The van der Waals surface area contributed by atoms with E-state index in [1.807, 2.05) is 13.0 Å². The van der Waals surface area contributed by atoms with Crippen LogP contribution in [0, 0.1) is 12.8 Å². The van der Waals surface area contributed by atoms with Gasteiger partial charge in [0.2, 0.25) is 5.91 Å². The molecule has 0 saturated carbocycles. The Balaban J connectivity index is 1.66. The zero-order valence-corrected chi connectivity index (χ0v) is 14.0. The fraction of sp³-hybridized carbons (Fsp3) is 0.353. The first-order chi connectivity index (χ1) is 12.0. The van der Waals surface area contributed by atoms with Gasteiger partial charge < -0.3 is 16.0 Å². The number of nitrogens with one attached hydrogen (secondary N) is 1. The molecular formula is C17H20N6O2. The number of nitrogen functional groups attached to an aromatic ring is 1. The normalized spacial score (nSPS) is 17.2. The van der Waals surface area contributed by atoms with Crippen molar-refractivity contribution >= 4 is 23.5 Å². The minimum atomic E-state index is -0.295. The standard InChI is InChI=1S/C17H20N6O2/c1-11-4-5-13(21-9-11)22-16(24)12-3-2-8-23(10-12)17(25)14-15(18)20-7-6-19-14/h4-7,9,12H,2-3,8,10H2,1H3,(H2,18,20)(H,21,22,24). The van der Waals surface area contributed by atoms with Crippen LogP contribution >= 0.6 is 0 Å². The maximum absolute atomic E-state index is 12.6. The number of aromatic nitrogens is 3.